The highest BCUT2D eigenvalue weighted by molar-refractivity contribution is 5.81. The van der Waals surface area contributed by atoms with Gasteiger partial charge in [-0.05, 0) is 68.6 Å². The molecule has 2 aliphatic rings. The van der Waals surface area contributed by atoms with E-state index < -0.39 is 0 Å². The summed E-state index contributed by atoms with van der Waals surface area (Å²) in [5.74, 6) is 1.39. The quantitative estimate of drug-likeness (QED) is 0.253. The van der Waals surface area contributed by atoms with Crippen molar-refractivity contribution < 1.29 is 23.7 Å². The number of unbranched alkanes of at least 4 members (excludes halogenated alkanes) is 3. The first kappa shape index (κ1) is 23.8. The molecule has 0 radical (unpaired) electrons. The van der Waals surface area contributed by atoms with Crippen LogP contribution in [-0.2, 0) is 19.0 Å². The van der Waals surface area contributed by atoms with Gasteiger partial charge in [-0.2, -0.15) is 0 Å². The van der Waals surface area contributed by atoms with Crippen molar-refractivity contribution in [1.82, 2.24) is 0 Å². The SMILES string of the molecule is C=CC(=O)OCCCCCCOc1ccc(C2CCC3(CC2)OCC(CC)CO3)cc1. The number of carbonyl (C=O) groups excluding carboxylic acids is 1. The summed E-state index contributed by atoms with van der Waals surface area (Å²) in [6.07, 6.45) is 10.5. The molecule has 3 rings (SSSR count). The van der Waals surface area contributed by atoms with E-state index in [-0.39, 0.29) is 11.8 Å². The Morgan fingerprint density at radius 2 is 1.71 bits per heavy atom. The molecule has 172 valence electrons. The smallest absolute Gasteiger partial charge is 0.330 e. The van der Waals surface area contributed by atoms with E-state index in [2.05, 4.69) is 37.8 Å². The zero-order valence-corrected chi connectivity index (χ0v) is 19.0. The Labute approximate surface area is 187 Å². The molecule has 0 amide bonds. The van der Waals surface area contributed by atoms with Gasteiger partial charge in [0.05, 0.1) is 26.4 Å². The highest BCUT2D eigenvalue weighted by Gasteiger charge is 2.40. The molecule has 1 aromatic carbocycles. The summed E-state index contributed by atoms with van der Waals surface area (Å²) in [7, 11) is 0. The van der Waals surface area contributed by atoms with Crippen LogP contribution in [-0.4, -0.2) is 38.2 Å². The molecule has 0 N–H and O–H groups in total. The lowest BCUT2D eigenvalue weighted by Gasteiger charge is -2.44. The van der Waals surface area contributed by atoms with Crippen LogP contribution in [0.4, 0.5) is 0 Å². The van der Waals surface area contributed by atoms with Gasteiger partial charge in [-0.3, -0.25) is 0 Å². The van der Waals surface area contributed by atoms with Gasteiger partial charge in [-0.15, -0.1) is 0 Å². The third-order valence-corrected chi connectivity index (χ3v) is 6.56. The van der Waals surface area contributed by atoms with Gasteiger partial charge < -0.3 is 18.9 Å². The van der Waals surface area contributed by atoms with Crippen LogP contribution in [0.25, 0.3) is 0 Å². The maximum atomic E-state index is 10.9. The van der Waals surface area contributed by atoms with Crippen molar-refractivity contribution in [1.29, 1.82) is 0 Å². The highest BCUT2D eigenvalue weighted by Crippen LogP contribution is 2.42. The van der Waals surface area contributed by atoms with E-state index >= 15 is 0 Å². The van der Waals surface area contributed by atoms with Gasteiger partial charge in [0.15, 0.2) is 5.79 Å². The Morgan fingerprint density at radius 1 is 1.06 bits per heavy atom. The van der Waals surface area contributed by atoms with Crippen LogP contribution in [0, 0.1) is 5.92 Å². The van der Waals surface area contributed by atoms with Crippen LogP contribution in [0.2, 0.25) is 0 Å². The topological polar surface area (TPSA) is 54.0 Å². The summed E-state index contributed by atoms with van der Waals surface area (Å²) in [6.45, 7) is 8.45. The first-order valence-corrected chi connectivity index (χ1v) is 11.9. The fourth-order valence-corrected chi connectivity index (χ4v) is 4.36. The molecule has 5 nitrogen and oxygen atoms in total. The average molecular weight is 431 g/mol. The van der Waals surface area contributed by atoms with Crippen molar-refractivity contribution in [3.05, 3.63) is 42.5 Å². The first-order valence-electron chi connectivity index (χ1n) is 11.9. The van der Waals surface area contributed by atoms with Gasteiger partial charge in [0, 0.05) is 24.8 Å². The lowest BCUT2D eigenvalue weighted by molar-refractivity contribution is -0.296. The van der Waals surface area contributed by atoms with Crippen LogP contribution < -0.4 is 4.74 Å². The maximum absolute atomic E-state index is 10.9. The maximum Gasteiger partial charge on any atom is 0.330 e. The molecule has 1 aromatic rings. The van der Waals surface area contributed by atoms with Crippen molar-refractivity contribution >= 4 is 5.97 Å². The second-order valence-electron chi connectivity index (χ2n) is 8.78. The van der Waals surface area contributed by atoms with E-state index in [9.17, 15) is 4.79 Å². The second-order valence-corrected chi connectivity index (χ2v) is 8.78. The molecular weight excluding hydrogens is 392 g/mol. The number of benzene rings is 1. The molecule has 0 aromatic heterocycles. The van der Waals surface area contributed by atoms with E-state index in [1.807, 2.05) is 0 Å². The molecule has 1 saturated carbocycles. The molecule has 2 fully saturated rings. The Morgan fingerprint density at radius 3 is 2.32 bits per heavy atom. The van der Waals surface area contributed by atoms with E-state index in [0.717, 1.165) is 76.8 Å². The molecule has 1 aliphatic heterocycles. The Bertz CT molecular complexity index is 666. The Balaban J connectivity index is 1.30. The van der Waals surface area contributed by atoms with Gasteiger partial charge in [0.2, 0.25) is 0 Å². The molecule has 0 unspecified atom stereocenters. The minimum absolute atomic E-state index is 0.321. The summed E-state index contributed by atoms with van der Waals surface area (Å²) < 4.78 is 23.1. The van der Waals surface area contributed by atoms with Gasteiger partial charge in [-0.1, -0.05) is 25.6 Å². The van der Waals surface area contributed by atoms with Gasteiger partial charge in [0.1, 0.15) is 5.75 Å². The predicted octanol–water partition coefficient (Wildman–Crippen LogP) is 5.78. The normalized spacial score (nSPS) is 25.8. The lowest BCUT2D eigenvalue weighted by atomic mass is 9.80. The molecule has 5 heteroatoms. The summed E-state index contributed by atoms with van der Waals surface area (Å²) in [5, 5.41) is 0. The van der Waals surface area contributed by atoms with Crippen molar-refractivity contribution in [2.45, 2.75) is 76.4 Å². The molecular formula is C26H38O5. The number of esters is 1. The Kier molecular flexibility index (Phi) is 9.41. The number of hydrogen-bond donors (Lipinski definition) is 0. The zero-order chi connectivity index (χ0) is 21.9. The summed E-state index contributed by atoms with van der Waals surface area (Å²) in [6, 6.07) is 8.60. The molecule has 0 bridgehead atoms. The van der Waals surface area contributed by atoms with Crippen molar-refractivity contribution in [2.75, 3.05) is 26.4 Å². The fraction of sp³-hybridized carbons (Fsp3) is 0.654. The summed E-state index contributed by atoms with van der Waals surface area (Å²) >= 11 is 0. The Hall–Kier alpha value is -1.85. The number of rotatable bonds is 11. The third kappa shape index (κ3) is 7.36. The number of hydrogen-bond acceptors (Lipinski definition) is 5. The van der Waals surface area contributed by atoms with Crippen LogP contribution in [0.15, 0.2) is 36.9 Å². The molecule has 0 atom stereocenters. The summed E-state index contributed by atoms with van der Waals surface area (Å²) in [5.41, 5.74) is 1.39. The van der Waals surface area contributed by atoms with Crippen LogP contribution in [0.3, 0.4) is 0 Å². The molecule has 1 aliphatic carbocycles. The molecule has 1 spiro atoms. The third-order valence-electron chi connectivity index (χ3n) is 6.56. The summed E-state index contributed by atoms with van der Waals surface area (Å²) in [4.78, 5) is 10.9. The first-order chi connectivity index (χ1) is 15.1. The van der Waals surface area contributed by atoms with Crippen LogP contribution in [0.1, 0.15) is 76.2 Å². The van der Waals surface area contributed by atoms with E-state index in [4.69, 9.17) is 18.9 Å². The van der Waals surface area contributed by atoms with E-state index in [1.54, 1.807) is 0 Å². The van der Waals surface area contributed by atoms with Crippen molar-refractivity contribution in [2.24, 2.45) is 5.92 Å². The standard InChI is InChI=1S/C26H38O5/c1-3-21-19-30-26(31-20-21)15-13-23(14-16-26)22-9-11-24(12-10-22)28-17-7-5-6-8-18-29-25(27)4-2/h4,9-12,21,23H,2-3,5-8,13-20H2,1H3. The molecule has 1 heterocycles. The van der Waals surface area contributed by atoms with Crippen LogP contribution in [0.5, 0.6) is 5.75 Å². The van der Waals surface area contributed by atoms with Crippen molar-refractivity contribution in [3.8, 4) is 5.75 Å². The van der Waals surface area contributed by atoms with Gasteiger partial charge in [-0.25, -0.2) is 4.79 Å². The highest BCUT2D eigenvalue weighted by atomic mass is 16.7. The van der Waals surface area contributed by atoms with Gasteiger partial charge >= 0.3 is 5.97 Å². The number of ether oxygens (including phenoxy) is 4. The molecule has 31 heavy (non-hydrogen) atoms. The van der Waals surface area contributed by atoms with E-state index in [0.29, 0.717) is 25.0 Å². The van der Waals surface area contributed by atoms with Gasteiger partial charge in [0.25, 0.3) is 0 Å². The largest absolute Gasteiger partial charge is 0.494 e. The average Bonchev–Trinajstić information content (AvgIpc) is 2.82. The fourth-order valence-electron chi connectivity index (χ4n) is 4.36. The number of carbonyl (C=O) groups is 1. The monoisotopic (exact) mass is 430 g/mol. The van der Waals surface area contributed by atoms with Crippen LogP contribution >= 0.6 is 0 Å². The molecule has 1 saturated heterocycles. The minimum atomic E-state index is -0.347. The van der Waals surface area contributed by atoms with Crippen molar-refractivity contribution in [3.63, 3.8) is 0 Å². The second kappa shape index (κ2) is 12.3. The minimum Gasteiger partial charge on any atom is -0.494 e. The lowest BCUT2D eigenvalue weighted by Crippen LogP contribution is -2.46. The van der Waals surface area contributed by atoms with E-state index in [1.165, 1.54) is 11.6 Å². The zero-order valence-electron chi connectivity index (χ0n) is 19.0. The predicted molar refractivity (Wildman–Crippen MR) is 121 cm³/mol.